The lowest BCUT2D eigenvalue weighted by Gasteiger charge is -2.27. The molecular weight excluding hydrogens is 474 g/mol. The predicted molar refractivity (Wildman–Crippen MR) is 144 cm³/mol. The highest BCUT2D eigenvalue weighted by Gasteiger charge is 2.22. The summed E-state index contributed by atoms with van der Waals surface area (Å²) in [4.78, 5) is 31.6. The van der Waals surface area contributed by atoms with Crippen LogP contribution in [-0.4, -0.2) is 37.1 Å². The molecule has 186 valence electrons. The molecule has 8 nitrogen and oxygen atoms in total. The fraction of sp³-hybridized carbons (Fsp3) is 0.370. The molecule has 0 atom stereocenters. The Morgan fingerprint density at radius 1 is 1.03 bits per heavy atom. The third-order valence-corrected chi connectivity index (χ3v) is 7.18. The second-order valence-electron chi connectivity index (χ2n) is 9.47. The average molecular weight is 504 g/mol. The molecule has 1 aliphatic rings. The summed E-state index contributed by atoms with van der Waals surface area (Å²) in [6.45, 7) is 5.12. The number of hydrogen-bond acceptors (Lipinski definition) is 7. The summed E-state index contributed by atoms with van der Waals surface area (Å²) in [5.74, 6) is 1.59. The van der Waals surface area contributed by atoms with E-state index in [9.17, 15) is 4.79 Å². The van der Waals surface area contributed by atoms with E-state index >= 15 is 0 Å². The van der Waals surface area contributed by atoms with Gasteiger partial charge in [0.15, 0.2) is 0 Å². The molecule has 0 unspecified atom stereocenters. The first-order chi connectivity index (χ1) is 17.4. The van der Waals surface area contributed by atoms with Crippen LogP contribution < -0.4 is 16.6 Å². The van der Waals surface area contributed by atoms with Crippen LogP contribution in [-0.2, 0) is 6.54 Å². The molecule has 0 spiro atoms. The van der Waals surface area contributed by atoms with Crippen molar-refractivity contribution in [3.63, 3.8) is 0 Å². The van der Waals surface area contributed by atoms with Gasteiger partial charge in [-0.15, -0.1) is 0 Å². The molecule has 0 aliphatic heterocycles. The summed E-state index contributed by atoms with van der Waals surface area (Å²) in [5, 5.41) is 4.44. The highest BCUT2D eigenvalue weighted by atomic mass is 35.5. The first-order valence-corrected chi connectivity index (χ1v) is 12.8. The Balaban J connectivity index is 1.60. The average Bonchev–Trinajstić information content (AvgIpc) is 2.88. The topological polar surface area (TPSA) is 112 Å². The van der Waals surface area contributed by atoms with Gasteiger partial charge < -0.3 is 11.1 Å². The standard InChI is InChI=1S/C27H30ClN7O/c1-3-30-27-33-12-19-10-23(22-9-6-18(11-24(22)28)20-13-31-16(2)32-14-20)26(36)35(25(19)34-27)15-17-4-7-21(29)8-5-17/h6,9-14,17,21H,3-5,7-8,15,29H2,1-2H3,(H,30,33,34). The molecular formula is C27H30ClN7O. The molecule has 1 aliphatic carbocycles. The van der Waals surface area contributed by atoms with E-state index in [1.807, 2.05) is 38.1 Å². The first-order valence-electron chi connectivity index (χ1n) is 12.4. The number of halogens is 1. The van der Waals surface area contributed by atoms with E-state index < -0.39 is 0 Å². The third-order valence-electron chi connectivity index (χ3n) is 6.87. The molecule has 0 bridgehead atoms. The van der Waals surface area contributed by atoms with Crippen LogP contribution in [0.5, 0.6) is 0 Å². The highest BCUT2D eigenvalue weighted by molar-refractivity contribution is 6.33. The maximum Gasteiger partial charge on any atom is 0.260 e. The molecule has 4 aromatic rings. The number of hydrogen-bond donors (Lipinski definition) is 2. The van der Waals surface area contributed by atoms with Gasteiger partial charge in [0.1, 0.15) is 11.5 Å². The van der Waals surface area contributed by atoms with E-state index in [2.05, 4.69) is 20.3 Å². The van der Waals surface area contributed by atoms with Crippen LogP contribution in [0.4, 0.5) is 5.95 Å². The minimum absolute atomic E-state index is 0.105. The summed E-state index contributed by atoms with van der Waals surface area (Å²) in [7, 11) is 0. The largest absolute Gasteiger partial charge is 0.354 e. The van der Waals surface area contributed by atoms with Gasteiger partial charge in [-0.1, -0.05) is 23.7 Å². The monoisotopic (exact) mass is 503 g/mol. The summed E-state index contributed by atoms with van der Waals surface area (Å²) in [6, 6.07) is 7.77. The molecule has 36 heavy (non-hydrogen) atoms. The van der Waals surface area contributed by atoms with Gasteiger partial charge in [-0.3, -0.25) is 9.36 Å². The van der Waals surface area contributed by atoms with Gasteiger partial charge in [-0.25, -0.2) is 15.0 Å². The first kappa shape index (κ1) is 24.3. The third kappa shape index (κ3) is 4.96. The number of aryl methyl sites for hydroxylation is 1. The van der Waals surface area contributed by atoms with Gasteiger partial charge in [0.25, 0.3) is 5.56 Å². The molecule has 3 heterocycles. The van der Waals surface area contributed by atoms with Crippen molar-refractivity contribution >= 4 is 28.6 Å². The van der Waals surface area contributed by atoms with Crippen molar-refractivity contribution in [3.05, 3.63) is 64.1 Å². The van der Waals surface area contributed by atoms with Crippen molar-refractivity contribution in [2.75, 3.05) is 11.9 Å². The lowest BCUT2D eigenvalue weighted by Crippen LogP contribution is -2.31. The zero-order valence-corrected chi connectivity index (χ0v) is 21.3. The Morgan fingerprint density at radius 3 is 2.47 bits per heavy atom. The van der Waals surface area contributed by atoms with Gasteiger partial charge in [-0.2, -0.15) is 4.98 Å². The van der Waals surface area contributed by atoms with Gasteiger partial charge in [0.05, 0.1) is 0 Å². The highest BCUT2D eigenvalue weighted by Crippen LogP contribution is 2.32. The van der Waals surface area contributed by atoms with Crippen molar-refractivity contribution in [3.8, 4) is 22.3 Å². The molecule has 9 heteroatoms. The molecule has 0 amide bonds. The number of benzene rings is 1. The van der Waals surface area contributed by atoms with Crippen LogP contribution in [0.15, 0.2) is 47.7 Å². The molecule has 1 saturated carbocycles. The summed E-state index contributed by atoms with van der Waals surface area (Å²) in [6.07, 6.45) is 9.26. The Morgan fingerprint density at radius 2 is 1.78 bits per heavy atom. The maximum atomic E-state index is 13.9. The molecule has 3 N–H and O–H groups in total. The zero-order valence-electron chi connectivity index (χ0n) is 20.5. The van der Waals surface area contributed by atoms with Gasteiger partial charge in [0.2, 0.25) is 5.95 Å². The van der Waals surface area contributed by atoms with Crippen molar-refractivity contribution in [1.82, 2.24) is 24.5 Å². The van der Waals surface area contributed by atoms with Crippen LogP contribution in [0.25, 0.3) is 33.3 Å². The van der Waals surface area contributed by atoms with Gasteiger partial charge in [-0.05, 0) is 63.1 Å². The van der Waals surface area contributed by atoms with Crippen molar-refractivity contribution in [2.45, 2.75) is 52.1 Å². The molecule has 0 saturated heterocycles. The fourth-order valence-electron chi connectivity index (χ4n) is 4.85. The van der Waals surface area contributed by atoms with E-state index in [4.69, 9.17) is 22.3 Å². The minimum atomic E-state index is -0.105. The van der Waals surface area contributed by atoms with Crippen LogP contribution in [0.2, 0.25) is 5.02 Å². The van der Waals surface area contributed by atoms with Gasteiger partial charge >= 0.3 is 0 Å². The molecule has 3 aromatic heterocycles. The molecule has 5 rings (SSSR count). The number of aromatic nitrogens is 5. The molecule has 1 fully saturated rings. The Bertz CT molecular complexity index is 1440. The second-order valence-corrected chi connectivity index (χ2v) is 9.88. The quantitative estimate of drug-likeness (QED) is 0.387. The summed E-state index contributed by atoms with van der Waals surface area (Å²) < 4.78 is 1.80. The minimum Gasteiger partial charge on any atom is -0.354 e. The second kappa shape index (κ2) is 10.3. The normalized spacial score (nSPS) is 17.9. The van der Waals surface area contributed by atoms with Crippen molar-refractivity contribution in [1.29, 1.82) is 0 Å². The van der Waals surface area contributed by atoms with E-state index in [-0.39, 0.29) is 11.6 Å². The van der Waals surface area contributed by atoms with E-state index in [0.717, 1.165) is 42.2 Å². The number of nitrogens with zero attached hydrogens (tertiary/aromatic N) is 5. The number of anilines is 1. The zero-order chi connectivity index (χ0) is 25.2. The lowest BCUT2D eigenvalue weighted by atomic mass is 9.86. The SMILES string of the molecule is CCNc1ncc2cc(-c3ccc(-c4cnc(C)nc4)cc3Cl)c(=O)n(CC3CCC(N)CC3)c2n1. The summed E-state index contributed by atoms with van der Waals surface area (Å²) in [5.41, 5.74) is 9.62. The number of fused-ring (bicyclic) bond motifs is 1. The van der Waals surface area contributed by atoms with Crippen LogP contribution in [0, 0.1) is 12.8 Å². The Labute approximate surface area is 215 Å². The van der Waals surface area contributed by atoms with E-state index in [1.54, 1.807) is 23.2 Å². The predicted octanol–water partition coefficient (Wildman–Crippen LogP) is 4.83. The lowest BCUT2D eigenvalue weighted by molar-refractivity contribution is 0.295. The van der Waals surface area contributed by atoms with Crippen LogP contribution in [0.3, 0.4) is 0 Å². The summed E-state index contributed by atoms with van der Waals surface area (Å²) >= 11 is 6.75. The van der Waals surface area contributed by atoms with Crippen molar-refractivity contribution < 1.29 is 0 Å². The van der Waals surface area contributed by atoms with Crippen LogP contribution in [0.1, 0.15) is 38.4 Å². The Hall–Kier alpha value is -3.36. The van der Waals surface area contributed by atoms with E-state index in [0.29, 0.717) is 52.6 Å². The van der Waals surface area contributed by atoms with Crippen LogP contribution >= 0.6 is 11.6 Å². The number of pyridine rings is 1. The smallest absolute Gasteiger partial charge is 0.260 e. The van der Waals surface area contributed by atoms with Crippen molar-refractivity contribution in [2.24, 2.45) is 11.7 Å². The molecule has 1 aromatic carbocycles. The fourth-order valence-corrected chi connectivity index (χ4v) is 5.13. The number of nitrogens with two attached hydrogens (primary N) is 1. The number of rotatable bonds is 6. The molecule has 0 radical (unpaired) electrons. The Kier molecular flexibility index (Phi) is 6.98. The van der Waals surface area contributed by atoms with Gasteiger partial charge in [0, 0.05) is 64.8 Å². The maximum absolute atomic E-state index is 13.9. The number of nitrogens with one attached hydrogen (secondary N) is 1. The van der Waals surface area contributed by atoms with E-state index in [1.165, 1.54) is 0 Å².